The van der Waals surface area contributed by atoms with E-state index in [9.17, 15) is 0 Å². The average Bonchev–Trinajstić information content (AvgIpc) is 2.96. The van der Waals surface area contributed by atoms with Crippen LogP contribution in [0.4, 0.5) is 0 Å². The number of nitrogens with zero attached hydrogens (tertiary/aromatic N) is 1. The zero-order valence-electron chi connectivity index (χ0n) is 13.3. The summed E-state index contributed by atoms with van der Waals surface area (Å²) in [5.41, 5.74) is 0.604. The molecule has 0 spiro atoms. The van der Waals surface area contributed by atoms with Gasteiger partial charge in [-0.2, -0.15) is 0 Å². The highest BCUT2D eigenvalue weighted by atomic mass is 32.1. The average molecular weight is 305 g/mol. The summed E-state index contributed by atoms with van der Waals surface area (Å²) in [6.07, 6.45) is 5.89. The van der Waals surface area contributed by atoms with Gasteiger partial charge >= 0.3 is 0 Å². The molecule has 1 aliphatic heterocycles. The molecule has 2 nitrogen and oxygen atoms in total. The highest BCUT2D eigenvalue weighted by Crippen LogP contribution is 2.38. The van der Waals surface area contributed by atoms with Crippen LogP contribution in [0.25, 0.3) is 0 Å². The molecule has 0 amide bonds. The molecule has 1 aliphatic rings. The fourth-order valence-electron chi connectivity index (χ4n) is 3.10. The summed E-state index contributed by atoms with van der Waals surface area (Å²) >= 11 is 1.79. The first-order valence-electron chi connectivity index (χ1n) is 8.12. The zero-order chi connectivity index (χ0) is 15.1. The number of piperidine rings is 1. The summed E-state index contributed by atoms with van der Waals surface area (Å²) in [5, 5.41) is 8.74. The molecule has 0 bridgehead atoms. The maximum atomic E-state index is 8.74. The molecule has 1 aromatic heterocycles. The van der Waals surface area contributed by atoms with Crippen molar-refractivity contribution in [1.82, 2.24) is 4.90 Å². The Morgan fingerprint density at radius 2 is 1.95 bits per heavy atom. The lowest BCUT2D eigenvalue weighted by Gasteiger charge is -2.40. The summed E-state index contributed by atoms with van der Waals surface area (Å²) in [7, 11) is 0. The number of rotatable bonds is 5. The third kappa shape index (κ3) is 4.57. The molecule has 21 heavy (non-hydrogen) atoms. The summed E-state index contributed by atoms with van der Waals surface area (Å²) in [5.74, 6) is 6.12. The number of hydrogen-bond donors (Lipinski definition) is 1. The van der Waals surface area contributed by atoms with Gasteiger partial charge in [-0.25, -0.2) is 0 Å². The van der Waals surface area contributed by atoms with Crippen LogP contribution >= 0.6 is 11.3 Å². The van der Waals surface area contributed by atoms with Gasteiger partial charge in [0.2, 0.25) is 0 Å². The van der Waals surface area contributed by atoms with Crippen molar-refractivity contribution >= 4 is 11.3 Å². The molecule has 0 saturated carbocycles. The van der Waals surface area contributed by atoms with Gasteiger partial charge in [0.1, 0.15) is 0 Å². The molecule has 0 aromatic carbocycles. The molecule has 2 rings (SSSR count). The molecule has 1 fully saturated rings. The van der Waals surface area contributed by atoms with Crippen LogP contribution < -0.4 is 0 Å². The lowest BCUT2D eigenvalue weighted by atomic mass is 9.74. The number of aliphatic hydroxyl groups excluding tert-OH is 1. The van der Waals surface area contributed by atoms with E-state index in [1.807, 2.05) is 0 Å². The van der Waals surface area contributed by atoms with E-state index in [1.54, 1.807) is 11.3 Å². The maximum absolute atomic E-state index is 8.74. The van der Waals surface area contributed by atoms with Crippen molar-refractivity contribution in [2.45, 2.75) is 52.5 Å². The van der Waals surface area contributed by atoms with Crippen LogP contribution in [0.5, 0.6) is 0 Å². The first-order valence-corrected chi connectivity index (χ1v) is 8.94. The minimum Gasteiger partial charge on any atom is -0.395 e. The summed E-state index contributed by atoms with van der Waals surface area (Å²) in [6, 6.07) is 4.31. The predicted octanol–water partition coefficient (Wildman–Crippen LogP) is 3.88. The van der Waals surface area contributed by atoms with E-state index in [-0.39, 0.29) is 6.61 Å². The van der Waals surface area contributed by atoms with Gasteiger partial charge in [-0.3, -0.25) is 4.90 Å². The summed E-state index contributed by atoms with van der Waals surface area (Å²) in [6.45, 7) is 8.35. The van der Waals surface area contributed by atoms with Gasteiger partial charge in [-0.15, -0.1) is 11.3 Å². The zero-order valence-corrected chi connectivity index (χ0v) is 14.1. The Hall–Kier alpha value is -0.820. The second-order valence-corrected chi connectivity index (χ2v) is 7.19. The van der Waals surface area contributed by atoms with Gasteiger partial charge in [0.25, 0.3) is 0 Å². The van der Waals surface area contributed by atoms with Crippen LogP contribution in [0.3, 0.4) is 0 Å². The van der Waals surface area contributed by atoms with Gasteiger partial charge in [0.15, 0.2) is 0 Å². The normalized spacial score (nSPS) is 18.2. The highest BCUT2D eigenvalue weighted by molar-refractivity contribution is 7.12. The van der Waals surface area contributed by atoms with Crippen LogP contribution in [0.1, 0.15) is 55.7 Å². The molecule has 1 aromatic rings. The minimum absolute atomic E-state index is 0.148. The van der Waals surface area contributed by atoms with Crippen LogP contribution in [0.2, 0.25) is 0 Å². The van der Waals surface area contributed by atoms with E-state index in [2.05, 4.69) is 42.7 Å². The van der Waals surface area contributed by atoms with Crippen molar-refractivity contribution in [3.63, 3.8) is 0 Å². The van der Waals surface area contributed by atoms with E-state index in [0.717, 1.165) is 11.4 Å². The molecule has 0 aliphatic carbocycles. The first kappa shape index (κ1) is 16.5. The molecule has 0 atom stereocenters. The lowest BCUT2D eigenvalue weighted by Crippen LogP contribution is -2.38. The highest BCUT2D eigenvalue weighted by Gasteiger charge is 2.31. The quantitative estimate of drug-likeness (QED) is 0.834. The number of likely N-dealkylation sites (tertiary alicyclic amines) is 1. The van der Waals surface area contributed by atoms with Crippen LogP contribution in [-0.2, 0) is 6.54 Å². The van der Waals surface area contributed by atoms with Crippen molar-refractivity contribution < 1.29 is 5.11 Å². The largest absolute Gasteiger partial charge is 0.395 e. The van der Waals surface area contributed by atoms with Crippen molar-refractivity contribution in [2.75, 3.05) is 19.7 Å². The topological polar surface area (TPSA) is 23.5 Å². The molecule has 116 valence electrons. The van der Waals surface area contributed by atoms with E-state index in [1.165, 1.54) is 43.6 Å². The first-order chi connectivity index (χ1) is 10.2. The molecule has 3 heteroatoms. The SMILES string of the molecule is CCC1(CC)CCN(Cc2ccc(C#CCCO)s2)CC1. The molecule has 0 unspecified atom stereocenters. The van der Waals surface area contributed by atoms with Crippen LogP contribution in [0, 0.1) is 17.3 Å². The fraction of sp³-hybridized carbons (Fsp3) is 0.667. The Balaban J connectivity index is 1.85. The van der Waals surface area contributed by atoms with E-state index < -0.39 is 0 Å². The monoisotopic (exact) mass is 305 g/mol. The van der Waals surface area contributed by atoms with Gasteiger partial charge in [0, 0.05) is 17.8 Å². The van der Waals surface area contributed by atoms with E-state index in [4.69, 9.17) is 5.11 Å². The number of aliphatic hydroxyl groups is 1. The van der Waals surface area contributed by atoms with Crippen LogP contribution in [-0.4, -0.2) is 29.7 Å². The van der Waals surface area contributed by atoms with Crippen molar-refractivity contribution in [3.05, 3.63) is 21.9 Å². The Morgan fingerprint density at radius 1 is 1.24 bits per heavy atom. The van der Waals surface area contributed by atoms with E-state index in [0.29, 0.717) is 11.8 Å². The molecule has 1 saturated heterocycles. The van der Waals surface area contributed by atoms with E-state index >= 15 is 0 Å². The van der Waals surface area contributed by atoms with Gasteiger partial charge in [-0.1, -0.05) is 38.5 Å². The van der Waals surface area contributed by atoms with Crippen LogP contribution in [0.15, 0.2) is 12.1 Å². The molecule has 0 radical (unpaired) electrons. The standard InChI is InChI=1S/C18H27NOS/c1-3-18(4-2)10-12-19(13-11-18)15-17-9-8-16(21-17)7-5-6-14-20/h8-9,20H,3-4,6,10-15H2,1-2H3. The minimum atomic E-state index is 0.148. The summed E-state index contributed by atoms with van der Waals surface area (Å²) in [4.78, 5) is 5.11. The molecule has 1 N–H and O–H groups in total. The second kappa shape index (κ2) is 7.98. The number of hydrogen-bond acceptors (Lipinski definition) is 3. The number of thiophene rings is 1. The molecule has 2 heterocycles. The molecular formula is C18H27NOS. The Labute approximate surface area is 133 Å². The molecular weight excluding hydrogens is 278 g/mol. The third-order valence-electron chi connectivity index (χ3n) is 4.91. The Morgan fingerprint density at radius 3 is 2.57 bits per heavy atom. The van der Waals surface area contributed by atoms with Gasteiger partial charge < -0.3 is 5.11 Å². The second-order valence-electron chi connectivity index (χ2n) is 6.02. The fourth-order valence-corrected chi connectivity index (χ4v) is 4.02. The van der Waals surface area contributed by atoms with Gasteiger partial charge in [0.05, 0.1) is 11.5 Å². The van der Waals surface area contributed by atoms with Crippen molar-refractivity contribution in [1.29, 1.82) is 0 Å². The van der Waals surface area contributed by atoms with Crippen molar-refractivity contribution in [3.8, 4) is 11.8 Å². The summed E-state index contributed by atoms with van der Waals surface area (Å²) < 4.78 is 0. The third-order valence-corrected chi connectivity index (χ3v) is 5.89. The van der Waals surface area contributed by atoms with Gasteiger partial charge in [-0.05, 0) is 43.5 Å². The maximum Gasteiger partial charge on any atom is 0.0771 e. The predicted molar refractivity (Wildman–Crippen MR) is 90.4 cm³/mol. The Bertz CT molecular complexity index is 483. The lowest BCUT2D eigenvalue weighted by molar-refractivity contribution is 0.0915. The Kier molecular flexibility index (Phi) is 6.29. The van der Waals surface area contributed by atoms with Crippen molar-refractivity contribution in [2.24, 2.45) is 5.41 Å². The smallest absolute Gasteiger partial charge is 0.0771 e.